The van der Waals surface area contributed by atoms with Gasteiger partial charge in [-0.1, -0.05) is 103 Å². The van der Waals surface area contributed by atoms with Crippen molar-refractivity contribution in [2.24, 2.45) is 23.7 Å². The first-order valence-electron chi connectivity index (χ1n) is 24.9. The van der Waals surface area contributed by atoms with Gasteiger partial charge in [0.25, 0.3) is 0 Å². The molecule has 10 atom stereocenters. The van der Waals surface area contributed by atoms with Crippen LogP contribution in [-0.4, -0.2) is 29.0 Å². The number of benzene rings is 2. The molecule has 3 aromatic rings. The molecule has 8 heteroatoms. The van der Waals surface area contributed by atoms with E-state index in [1.165, 1.54) is 56.0 Å². The van der Waals surface area contributed by atoms with E-state index >= 15 is 0 Å². The van der Waals surface area contributed by atoms with Crippen molar-refractivity contribution in [3.05, 3.63) is 189 Å². The second-order valence-corrected chi connectivity index (χ2v) is 21.3. The maximum absolute atomic E-state index is 11.4. The molecule has 0 amide bonds. The first kappa shape index (κ1) is 39.6. The summed E-state index contributed by atoms with van der Waals surface area (Å²) in [5.74, 6) is 2.54. The standard InChI is InChI=1S/C58H56N6OS/c59-33-36-31-44(58-61-56(34-14-2-1-3-15-34)60-57(62-58)35-26-29-52-43(30-35)39-18-7-12-24-51(39)65-52)50(32-49(36)63-45-21-9-4-16-37(45)38-17-5-10-22-46(38)63)64-47-23-11-6-20-42(47)54-48(64)28-27-41-40-19-8-13-25-53(40)66-55(41)54/h1-3,6-7,9-14,18,20-23,25,29-32,34-35,37,41,45,51,55-58,60-62H,4-5,8,15-17,19,24,26-28H2. The van der Waals surface area contributed by atoms with Crippen LogP contribution in [0.2, 0.25) is 0 Å². The molecule has 0 saturated carbocycles. The van der Waals surface area contributed by atoms with Crippen LogP contribution in [0, 0.1) is 35.0 Å². The van der Waals surface area contributed by atoms with Gasteiger partial charge in [0.15, 0.2) is 0 Å². The molecule has 2 saturated heterocycles. The van der Waals surface area contributed by atoms with Crippen LogP contribution in [0.1, 0.15) is 98.0 Å². The maximum atomic E-state index is 11.4. The lowest BCUT2D eigenvalue weighted by Gasteiger charge is -2.45. The van der Waals surface area contributed by atoms with Crippen molar-refractivity contribution in [3.8, 4) is 11.8 Å². The minimum absolute atomic E-state index is 0.00285. The summed E-state index contributed by atoms with van der Waals surface area (Å²) in [7, 11) is 0. The van der Waals surface area contributed by atoms with Gasteiger partial charge in [0.05, 0.1) is 47.0 Å². The molecule has 0 bridgehead atoms. The number of para-hydroxylation sites is 1. The largest absolute Gasteiger partial charge is 0.485 e. The summed E-state index contributed by atoms with van der Waals surface area (Å²) in [6.45, 7) is 0. The molecular formula is C58H56N6OS. The van der Waals surface area contributed by atoms with E-state index in [1.807, 2.05) is 0 Å². The molecule has 10 unspecified atom stereocenters. The number of nitriles is 1. The summed E-state index contributed by atoms with van der Waals surface area (Å²) in [5.41, 5.74) is 15.4. The molecule has 66 heavy (non-hydrogen) atoms. The van der Waals surface area contributed by atoms with Gasteiger partial charge in [-0.3, -0.25) is 16.0 Å². The van der Waals surface area contributed by atoms with Gasteiger partial charge in [0.1, 0.15) is 17.9 Å². The number of thioether (sulfide) groups is 1. The normalized spacial score (nSPS) is 33.3. The van der Waals surface area contributed by atoms with Gasteiger partial charge in [-0.05, 0) is 112 Å². The Bertz CT molecular complexity index is 2990. The molecule has 2 fully saturated rings. The van der Waals surface area contributed by atoms with Crippen LogP contribution in [0.4, 0.5) is 5.69 Å². The molecule has 330 valence electrons. The van der Waals surface area contributed by atoms with Crippen molar-refractivity contribution >= 4 is 28.4 Å². The Hall–Kier alpha value is -5.56. The number of ether oxygens (including phenoxy) is 1. The highest BCUT2D eigenvalue weighted by Crippen LogP contribution is 2.61. The Kier molecular flexibility index (Phi) is 9.46. The van der Waals surface area contributed by atoms with Crippen molar-refractivity contribution in [2.75, 3.05) is 4.90 Å². The Labute approximate surface area is 392 Å². The lowest BCUT2D eigenvalue weighted by atomic mass is 9.79. The lowest BCUT2D eigenvalue weighted by Crippen LogP contribution is -2.67. The second kappa shape index (κ2) is 15.8. The first-order chi connectivity index (χ1) is 32.7. The van der Waals surface area contributed by atoms with Crippen LogP contribution in [0.5, 0.6) is 0 Å². The van der Waals surface area contributed by atoms with E-state index in [2.05, 4.69) is 171 Å². The highest BCUT2D eigenvalue weighted by molar-refractivity contribution is 8.03. The van der Waals surface area contributed by atoms with Crippen molar-refractivity contribution in [1.29, 1.82) is 5.26 Å². The third kappa shape index (κ3) is 6.12. The number of rotatable bonds is 5. The average Bonchev–Trinajstić information content (AvgIpc) is 4.13. The Morgan fingerprint density at radius 3 is 2.56 bits per heavy atom. The predicted octanol–water partition coefficient (Wildman–Crippen LogP) is 11.9. The number of nitrogens with one attached hydrogen (secondary N) is 3. The van der Waals surface area contributed by atoms with Crippen LogP contribution in [0.3, 0.4) is 0 Å². The zero-order chi connectivity index (χ0) is 43.5. The molecule has 3 N–H and O–H groups in total. The van der Waals surface area contributed by atoms with Crippen molar-refractivity contribution in [1.82, 2.24) is 20.5 Å². The van der Waals surface area contributed by atoms with E-state index in [0.717, 1.165) is 86.8 Å². The summed E-state index contributed by atoms with van der Waals surface area (Å²) < 4.78 is 9.15. The Morgan fingerprint density at radius 2 is 1.65 bits per heavy atom. The molecular weight excluding hydrogens is 829 g/mol. The Balaban J connectivity index is 0.954. The molecule has 0 radical (unpaired) electrons. The molecule has 14 rings (SSSR count). The fraction of sp³-hybridized carbons (Fsp3) is 0.362. The second-order valence-electron chi connectivity index (χ2n) is 20.1. The Morgan fingerprint density at radius 1 is 0.773 bits per heavy atom. The van der Waals surface area contributed by atoms with Gasteiger partial charge < -0.3 is 14.2 Å². The maximum Gasteiger partial charge on any atom is 0.128 e. The van der Waals surface area contributed by atoms with Gasteiger partial charge in [0, 0.05) is 67.8 Å². The number of nitrogens with zero attached hydrogens (tertiary/aromatic N) is 3. The minimum atomic E-state index is -0.247. The number of anilines is 1. The number of fused-ring (bicyclic) bond motifs is 11. The third-order valence-electron chi connectivity index (χ3n) is 16.7. The monoisotopic (exact) mass is 884 g/mol. The zero-order valence-corrected chi connectivity index (χ0v) is 38.2. The molecule has 1 aromatic heterocycles. The van der Waals surface area contributed by atoms with E-state index in [0.29, 0.717) is 17.1 Å². The number of aromatic nitrogens is 1. The molecule has 2 aromatic carbocycles. The number of allylic oxidation sites excluding steroid dienone is 13. The van der Waals surface area contributed by atoms with Crippen LogP contribution in [0.15, 0.2) is 166 Å². The van der Waals surface area contributed by atoms with Crippen molar-refractivity contribution < 1.29 is 4.74 Å². The summed E-state index contributed by atoms with van der Waals surface area (Å²) in [6.07, 6.45) is 46.3. The number of hydrogen-bond donors (Lipinski definition) is 3. The van der Waals surface area contributed by atoms with E-state index in [-0.39, 0.29) is 42.5 Å². The fourth-order valence-corrected chi connectivity index (χ4v) is 15.4. The van der Waals surface area contributed by atoms with E-state index < -0.39 is 0 Å². The topological polar surface area (TPSA) is 77.3 Å². The van der Waals surface area contributed by atoms with Gasteiger partial charge in [-0.15, -0.1) is 11.8 Å². The minimum Gasteiger partial charge on any atom is -0.485 e. The van der Waals surface area contributed by atoms with Crippen molar-refractivity contribution in [2.45, 2.75) is 107 Å². The van der Waals surface area contributed by atoms with Crippen LogP contribution < -0.4 is 20.9 Å². The quantitative estimate of drug-likeness (QED) is 0.220. The molecule has 4 aliphatic heterocycles. The summed E-state index contributed by atoms with van der Waals surface area (Å²) in [6, 6.07) is 16.9. The number of hydrogen-bond acceptors (Lipinski definition) is 7. The van der Waals surface area contributed by atoms with E-state index in [9.17, 15) is 5.26 Å². The highest BCUT2D eigenvalue weighted by Gasteiger charge is 2.46. The summed E-state index contributed by atoms with van der Waals surface area (Å²) in [5, 5.41) is 25.7. The average molecular weight is 885 g/mol. The zero-order valence-electron chi connectivity index (χ0n) is 37.3. The first-order valence-corrected chi connectivity index (χ1v) is 25.8. The smallest absolute Gasteiger partial charge is 0.128 e. The highest BCUT2D eigenvalue weighted by atomic mass is 32.2. The summed E-state index contributed by atoms with van der Waals surface area (Å²) >= 11 is 2.11. The molecule has 11 aliphatic rings. The molecule has 7 aliphatic carbocycles. The molecule has 5 heterocycles. The van der Waals surface area contributed by atoms with Gasteiger partial charge in [-0.25, -0.2) is 0 Å². The van der Waals surface area contributed by atoms with Crippen LogP contribution in [-0.2, 0) is 11.2 Å². The van der Waals surface area contributed by atoms with Gasteiger partial charge >= 0.3 is 0 Å². The van der Waals surface area contributed by atoms with E-state index in [4.69, 9.17) is 4.74 Å². The molecule has 7 nitrogen and oxygen atoms in total. The lowest BCUT2D eigenvalue weighted by molar-refractivity contribution is 0.142. The van der Waals surface area contributed by atoms with Crippen LogP contribution >= 0.6 is 11.8 Å². The SMILES string of the molecule is N#Cc1cc(C2NC(C3C=CC=CC3)NC(C3C=C4C(=CC3)OC3CC=CC=C43)N2)c(-n2c3c(c4ccccc42)C2SC4=C(CCC=C4)C2CC3)cc1N1C2=C(CCC=C2)C2CCC=CC21. The molecule has 0 spiro atoms. The van der Waals surface area contributed by atoms with E-state index in [1.54, 1.807) is 11.1 Å². The van der Waals surface area contributed by atoms with Gasteiger partial charge in [0.2, 0.25) is 0 Å². The van der Waals surface area contributed by atoms with Gasteiger partial charge in [-0.2, -0.15) is 5.26 Å². The van der Waals surface area contributed by atoms with Crippen LogP contribution in [0.25, 0.3) is 16.6 Å². The summed E-state index contributed by atoms with van der Waals surface area (Å²) in [4.78, 5) is 4.07. The fourth-order valence-electron chi connectivity index (χ4n) is 13.7. The third-order valence-corrected chi connectivity index (χ3v) is 18.2. The predicted molar refractivity (Wildman–Crippen MR) is 266 cm³/mol. The van der Waals surface area contributed by atoms with Crippen molar-refractivity contribution in [3.63, 3.8) is 0 Å².